The molecule has 0 radical (unpaired) electrons. The smallest absolute Gasteiger partial charge is 0.262 e. The van der Waals surface area contributed by atoms with Gasteiger partial charge in [-0.05, 0) is 30.3 Å². The number of carbonyl (C=O) groups excluding carboxylic acids is 2. The number of aromatic hydroxyl groups is 1. The van der Waals surface area contributed by atoms with Crippen molar-refractivity contribution in [1.82, 2.24) is 0 Å². The fourth-order valence-electron chi connectivity index (χ4n) is 1.82. The Hall–Kier alpha value is -2.73. The van der Waals surface area contributed by atoms with Gasteiger partial charge in [0.15, 0.2) is 18.1 Å². The molecule has 1 amide bonds. The van der Waals surface area contributed by atoms with E-state index in [9.17, 15) is 14.7 Å². The molecule has 120 valence electrons. The van der Waals surface area contributed by atoms with Gasteiger partial charge in [0.2, 0.25) is 0 Å². The van der Waals surface area contributed by atoms with Gasteiger partial charge in [-0.3, -0.25) is 9.59 Å². The SMILES string of the molecule is COc1cc(C=O)ccc1OCC(=O)Nc1ccc(Cl)cc1O. The average molecular weight is 336 g/mol. The van der Waals surface area contributed by atoms with Gasteiger partial charge in [0, 0.05) is 16.7 Å². The highest BCUT2D eigenvalue weighted by molar-refractivity contribution is 6.30. The van der Waals surface area contributed by atoms with Crippen LogP contribution in [0.15, 0.2) is 36.4 Å². The molecule has 0 aliphatic rings. The third kappa shape index (κ3) is 4.37. The number of benzene rings is 2. The molecule has 0 aromatic heterocycles. The number of phenolic OH excluding ortho intramolecular Hbond substituents is 1. The van der Waals surface area contributed by atoms with Gasteiger partial charge in [0.25, 0.3) is 5.91 Å². The lowest BCUT2D eigenvalue weighted by Crippen LogP contribution is -2.20. The van der Waals surface area contributed by atoms with Crippen LogP contribution in [0, 0.1) is 0 Å². The summed E-state index contributed by atoms with van der Waals surface area (Å²) in [5.74, 6) is 0.0632. The van der Waals surface area contributed by atoms with Gasteiger partial charge in [0.1, 0.15) is 12.0 Å². The summed E-state index contributed by atoms with van der Waals surface area (Å²) in [4.78, 5) is 22.6. The number of phenols is 1. The highest BCUT2D eigenvalue weighted by Crippen LogP contribution is 2.28. The number of anilines is 1. The standard InChI is InChI=1S/C16H14ClNO5/c1-22-15-6-10(8-19)2-5-14(15)23-9-16(21)18-12-4-3-11(17)7-13(12)20/h2-8,20H,9H2,1H3,(H,18,21). The number of hydrogen-bond acceptors (Lipinski definition) is 5. The Morgan fingerprint density at radius 3 is 2.70 bits per heavy atom. The molecule has 0 bridgehead atoms. The molecule has 0 spiro atoms. The van der Waals surface area contributed by atoms with Crippen LogP contribution >= 0.6 is 11.6 Å². The highest BCUT2D eigenvalue weighted by Gasteiger charge is 2.10. The maximum Gasteiger partial charge on any atom is 0.262 e. The molecule has 0 aliphatic heterocycles. The number of carbonyl (C=O) groups is 2. The molecular weight excluding hydrogens is 322 g/mol. The minimum Gasteiger partial charge on any atom is -0.506 e. The van der Waals surface area contributed by atoms with Crippen molar-refractivity contribution in [2.24, 2.45) is 0 Å². The molecule has 2 aromatic rings. The minimum atomic E-state index is -0.468. The summed E-state index contributed by atoms with van der Waals surface area (Å²) in [6.45, 7) is -0.293. The molecule has 2 N–H and O–H groups in total. The van der Waals surface area contributed by atoms with Crippen LogP contribution in [0.3, 0.4) is 0 Å². The van der Waals surface area contributed by atoms with E-state index < -0.39 is 5.91 Å². The molecule has 2 rings (SSSR count). The molecule has 2 aromatic carbocycles. The van der Waals surface area contributed by atoms with E-state index in [1.165, 1.54) is 31.4 Å². The lowest BCUT2D eigenvalue weighted by Gasteiger charge is -2.11. The highest BCUT2D eigenvalue weighted by atomic mass is 35.5. The van der Waals surface area contributed by atoms with E-state index in [0.29, 0.717) is 28.4 Å². The second-order valence-electron chi connectivity index (χ2n) is 4.53. The number of amides is 1. The van der Waals surface area contributed by atoms with Gasteiger partial charge >= 0.3 is 0 Å². The van der Waals surface area contributed by atoms with Crippen LogP contribution in [-0.4, -0.2) is 31.0 Å². The van der Waals surface area contributed by atoms with Crippen molar-refractivity contribution >= 4 is 29.5 Å². The summed E-state index contributed by atoms with van der Waals surface area (Å²) in [6, 6.07) is 8.93. The van der Waals surface area contributed by atoms with Gasteiger partial charge in [-0.15, -0.1) is 0 Å². The fourth-order valence-corrected chi connectivity index (χ4v) is 1.98. The third-order valence-electron chi connectivity index (χ3n) is 2.92. The number of rotatable bonds is 6. The van der Waals surface area contributed by atoms with Gasteiger partial charge in [0.05, 0.1) is 12.8 Å². The quantitative estimate of drug-likeness (QED) is 0.626. The first-order valence-corrected chi connectivity index (χ1v) is 6.95. The zero-order valence-electron chi connectivity index (χ0n) is 12.2. The Morgan fingerprint density at radius 2 is 2.04 bits per heavy atom. The first-order valence-electron chi connectivity index (χ1n) is 6.58. The van der Waals surface area contributed by atoms with Crippen LogP contribution in [0.4, 0.5) is 5.69 Å². The lowest BCUT2D eigenvalue weighted by molar-refractivity contribution is -0.118. The normalized spacial score (nSPS) is 10.0. The molecule has 6 nitrogen and oxygen atoms in total. The predicted molar refractivity (Wildman–Crippen MR) is 85.6 cm³/mol. The number of ether oxygens (including phenoxy) is 2. The summed E-state index contributed by atoms with van der Waals surface area (Å²) < 4.78 is 10.5. The van der Waals surface area contributed by atoms with Crippen LogP contribution < -0.4 is 14.8 Å². The predicted octanol–water partition coefficient (Wildman–Crippen LogP) is 2.88. The molecule has 0 unspecified atom stereocenters. The van der Waals surface area contributed by atoms with E-state index >= 15 is 0 Å². The average Bonchev–Trinajstić information content (AvgIpc) is 2.55. The molecule has 0 fully saturated rings. The Balaban J connectivity index is 2.00. The van der Waals surface area contributed by atoms with Crippen molar-refractivity contribution < 1.29 is 24.2 Å². The molecule has 23 heavy (non-hydrogen) atoms. The van der Waals surface area contributed by atoms with E-state index in [4.69, 9.17) is 21.1 Å². The van der Waals surface area contributed by atoms with Crippen LogP contribution in [0.1, 0.15) is 10.4 Å². The van der Waals surface area contributed by atoms with Crippen molar-refractivity contribution in [3.05, 3.63) is 47.0 Å². The fraction of sp³-hybridized carbons (Fsp3) is 0.125. The molecule has 0 saturated heterocycles. The lowest BCUT2D eigenvalue weighted by atomic mass is 10.2. The molecular formula is C16H14ClNO5. The number of methoxy groups -OCH3 is 1. The van der Waals surface area contributed by atoms with Crippen molar-refractivity contribution in [3.8, 4) is 17.2 Å². The summed E-state index contributed by atoms with van der Waals surface area (Å²) in [5, 5.41) is 12.5. The number of nitrogens with one attached hydrogen (secondary N) is 1. The number of halogens is 1. The Bertz CT molecular complexity index is 732. The van der Waals surface area contributed by atoms with Crippen LogP contribution in [0.25, 0.3) is 0 Å². The zero-order valence-corrected chi connectivity index (χ0v) is 13.0. The van der Waals surface area contributed by atoms with E-state index in [2.05, 4.69) is 5.32 Å². The van der Waals surface area contributed by atoms with E-state index in [0.717, 1.165) is 0 Å². The largest absolute Gasteiger partial charge is 0.506 e. The van der Waals surface area contributed by atoms with Crippen LogP contribution in [0.5, 0.6) is 17.2 Å². The second-order valence-corrected chi connectivity index (χ2v) is 4.96. The molecule has 0 aliphatic carbocycles. The van der Waals surface area contributed by atoms with Crippen LogP contribution in [0.2, 0.25) is 5.02 Å². The monoisotopic (exact) mass is 335 g/mol. The minimum absolute atomic E-state index is 0.140. The summed E-state index contributed by atoms with van der Waals surface area (Å²) in [5.41, 5.74) is 0.663. The van der Waals surface area contributed by atoms with Crippen molar-refractivity contribution in [3.63, 3.8) is 0 Å². The molecule has 0 heterocycles. The third-order valence-corrected chi connectivity index (χ3v) is 3.15. The molecule has 0 saturated carbocycles. The van der Waals surface area contributed by atoms with Gasteiger partial charge in [-0.25, -0.2) is 0 Å². The number of aldehydes is 1. The zero-order chi connectivity index (χ0) is 16.8. The van der Waals surface area contributed by atoms with Crippen molar-refractivity contribution in [1.29, 1.82) is 0 Å². The molecule has 0 atom stereocenters. The Kier molecular flexibility index (Phi) is 5.43. The first-order chi connectivity index (χ1) is 11.0. The van der Waals surface area contributed by atoms with Crippen molar-refractivity contribution in [2.75, 3.05) is 19.0 Å². The summed E-state index contributed by atoms with van der Waals surface area (Å²) in [6.07, 6.45) is 0.683. The van der Waals surface area contributed by atoms with Crippen LogP contribution in [-0.2, 0) is 4.79 Å². The second kappa shape index (κ2) is 7.51. The first kappa shape index (κ1) is 16.6. The van der Waals surface area contributed by atoms with E-state index in [1.54, 1.807) is 12.1 Å². The number of hydrogen-bond donors (Lipinski definition) is 2. The Labute approximate surface area is 137 Å². The maximum absolute atomic E-state index is 11.9. The summed E-state index contributed by atoms with van der Waals surface area (Å²) in [7, 11) is 1.43. The van der Waals surface area contributed by atoms with E-state index in [1.807, 2.05) is 0 Å². The maximum atomic E-state index is 11.9. The van der Waals surface area contributed by atoms with Gasteiger partial charge in [-0.1, -0.05) is 11.6 Å². The van der Waals surface area contributed by atoms with Crippen molar-refractivity contribution in [2.45, 2.75) is 0 Å². The molecule has 7 heteroatoms. The summed E-state index contributed by atoms with van der Waals surface area (Å²) >= 11 is 5.72. The van der Waals surface area contributed by atoms with Gasteiger partial charge in [-0.2, -0.15) is 0 Å². The van der Waals surface area contributed by atoms with Gasteiger partial charge < -0.3 is 19.9 Å². The van der Waals surface area contributed by atoms with E-state index in [-0.39, 0.29) is 18.0 Å². The topological polar surface area (TPSA) is 84.9 Å². The Morgan fingerprint density at radius 1 is 1.26 bits per heavy atom.